The quantitative estimate of drug-likeness (QED) is 0.640. The summed E-state index contributed by atoms with van der Waals surface area (Å²) in [5.74, 6) is 0. The van der Waals surface area contributed by atoms with E-state index < -0.39 is 20.0 Å². The van der Waals surface area contributed by atoms with Crippen LogP contribution in [-0.4, -0.2) is 23.4 Å². The average molecular weight is 421 g/mol. The lowest BCUT2D eigenvalue weighted by atomic mass is 9.98. The van der Waals surface area contributed by atoms with Gasteiger partial charge in [-0.1, -0.05) is 43.7 Å². The van der Waals surface area contributed by atoms with E-state index in [1.165, 1.54) is 18.2 Å². The van der Waals surface area contributed by atoms with Gasteiger partial charge >= 0.3 is 0 Å². The Hall–Kier alpha value is -2.16. The lowest BCUT2D eigenvalue weighted by molar-refractivity contribution is 0.578. The van der Waals surface area contributed by atoms with Crippen molar-refractivity contribution in [2.45, 2.75) is 37.5 Å². The third-order valence-electron chi connectivity index (χ3n) is 4.58. The molecule has 1 aliphatic rings. The lowest BCUT2D eigenvalue weighted by Crippen LogP contribution is -2.25. The number of hydrogen-bond acceptors (Lipinski definition) is 4. The molecule has 0 fully saturated rings. The first-order valence-electron chi connectivity index (χ1n) is 9.23. The molecular weight excluding hydrogens is 396 g/mol. The van der Waals surface area contributed by atoms with Gasteiger partial charge < -0.3 is 0 Å². The van der Waals surface area contributed by atoms with Crippen LogP contribution in [0.1, 0.15) is 37.3 Å². The molecule has 2 aromatic rings. The Morgan fingerprint density at radius 2 is 1.71 bits per heavy atom. The highest BCUT2D eigenvalue weighted by molar-refractivity contribution is 7.96. The molecule has 0 bridgehead atoms. The highest BCUT2D eigenvalue weighted by Crippen LogP contribution is 2.28. The fourth-order valence-electron chi connectivity index (χ4n) is 3.03. The topological polar surface area (TPSA) is 92.3 Å². The molecule has 0 saturated heterocycles. The number of unbranched alkanes of at least 4 members (excludes halogenated alkanes) is 1. The van der Waals surface area contributed by atoms with Gasteiger partial charge in [0.2, 0.25) is 10.0 Å². The predicted molar refractivity (Wildman–Crippen MR) is 112 cm³/mol. The van der Waals surface area contributed by atoms with Crippen molar-refractivity contribution in [3.05, 3.63) is 64.6 Å². The monoisotopic (exact) mass is 420 g/mol. The first-order valence-corrected chi connectivity index (χ1v) is 12.2. The van der Waals surface area contributed by atoms with Crippen molar-refractivity contribution in [1.82, 2.24) is 4.72 Å². The molecule has 3 rings (SSSR count). The molecule has 0 heterocycles. The van der Waals surface area contributed by atoms with E-state index in [1.54, 1.807) is 12.1 Å². The summed E-state index contributed by atoms with van der Waals surface area (Å²) in [6, 6.07) is 13.5. The van der Waals surface area contributed by atoms with Crippen LogP contribution in [0, 0.1) is 0 Å². The molecule has 28 heavy (non-hydrogen) atoms. The van der Waals surface area contributed by atoms with E-state index in [-0.39, 0.29) is 10.6 Å². The van der Waals surface area contributed by atoms with Gasteiger partial charge in [0.25, 0.3) is 10.0 Å². The lowest BCUT2D eigenvalue weighted by Gasteiger charge is -2.17. The smallest absolute Gasteiger partial charge is 0.258 e. The van der Waals surface area contributed by atoms with Crippen molar-refractivity contribution in [2.24, 2.45) is 0 Å². The molecule has 2 aromatic carbocycles. The van der Waals surface area contributed by atoms with Crippen molar-refractivity contribution >= 4 is 31.8 Å². The van der Waals surface area contributed by atoms with Crippen LogP contribution in [0.3, 0.4) is 0 Å². The largest absolute Gasteiger partial charge is 0.280 e. The van der Waals surface area contributed by atoms with Crippen LogP contribution in [0.4, 0.5) is 5.69 Å². The maximum absolute atomic E-state index is 12.8. The second kappa shape index (κ2) is 8.46. The van der Waals surface area contributed by atoms with Crippen molar-refractivity contribution in [2.75, 3.05) is 11.3 Å². The van der Waals surface area contributed by atoms with Crippen molar-refractivity contribution < 1.29 is 16.8 Å². The zero-order valence-electron chi connectivity index (χ0n) is 15.7. The van der Waals surface area contributed by atoms with Gasteiger partial charge in [-0.3, -0.25) is 4.72 Å². The first-order chi connectivity index (χ1) is 13.3. The fraction of sp³-hybridized carbons (Fsp3) is 0.300. The molecule has 0 unspecified atom stereocenters. The maximum atomic E-state index is 12.8. The second-order valence-corrected chi connectivity index (χ2v) is 10.2. The van der Waals surface area contributed by atoms with Gasteiger partial charge in [-0.15, -0.1) is 0 Å². The molecule has 0 spiro atoms. The molecule has 6 nitrogen and oxygen atoms in total. The van der Waals surface area contributed by atoms with E-state index in [0.29, 0.717) is 24.3 Å². The zero-order valence-corrected chi connectivity index (χ0v) is 17.3. The van der Waals surface area contributed by atoms with Crippen LogP contribution in [0.5, 0.6) is 0 Å². The van der Waals surface area contributed by atoms with Crippen molar-refractivity contribution in [1.29, 1.82) is 0 Å². The SMILES string of the molecule is CCCCNS(=O)(=O)c1cccc(NS(=O)(=O)C2=Cc3ccccc3CC2)c1. The van der Waals surface area contributed by atoms with Crippen LogP contribution >= 0.6 is 0 Å². The van der Waals surface area contributed by atoms with Crippen LogP contribution < -0.4 is 9.44 Å². The van der Waals surface area contributed by atoms with E-state index in [9.17, 15) is 16.8 Å². The molecule has 150 valence electrons. The van der Waals surface area contributed by atoms with Gasteiger partial charge in [0.1, 0.15) is 0 Å². The van der Waals surface area contributed by atoms with Gasteiger partial charge in [0.05, 0.1) is 15.5 Å². The van der Waals surface area contributed by atoms with Crippen LogP contribution in [0.15, 0.2) is 58.3 Å². The van der Waals surface area contributed by atoms with Crippen LogP contribution in [0.2, 0.25) is 0 Å². The number of allylic oxidation sites excluding steroid dienone is 1. The number of aryl methyl sites for hydroxylation is 1. The molecule has 0 amide bonds. The van der Waals surface area contributed by atoms with E-state index >= 15 is 0 Å². The third-order valence-corrected chi connectivity index (χ3v) is 7.55. The number of hydrogen-bond donors (Lipinski definition) is 2. The van der Waals surface area contributed by atoms with Crippen molar-refractivity contribution in [3.63, 3.8) is 0 Å². The molecule has 0 aromatic heterocycles. The fourth-order valence-corrected chi connectivity index (χ4v) is 5.37. The number of benzene rings is 2. The second-order valence-electron chi connectivity index (χ2n) is 6.69. The molecule has 8 heteroatoms. The summed E-state index contributed by atoms with van der Waals surface area (Å²) in [5, 5.41) is 0. The Bertz CT molecular complexity index is 1090. The molecule has 0 atom stereocenters. The highest BCUT2D eigenvalue weighted by Gasteiger charge is 2.22. The molecular formula is C20H24N2O4S2. The van der Waals surface area contributed by atoms with E-state index in [0.717, 1.165) is 24.0 Å². The Labute approximate surface area is 166 Å². The van der Waals surface area contributed by atoms with E-state index in [4.69, 9.17) is 0 Å². The molecule has 0 saturated carbocycles. The summed E-state index contributed by atoms with van der Waals surface area (Å²) in [5.41, 5.74) is 2.23. The minimum atomic E-state index is -3.77. The normalized spacial score (nSPS) is 14.2. The van der Waals surface area contributed by atoms with Gasteiger partial charge in [0.15, 0.2) is 0 Å². The van der Waals surface area contributed by atoms with Gasteiger partial charge in [-0.25, -0.2) is 21.6 Å². The molecule has 0 radical (unpaired) electrons. The maximum Gasteiger partial charge on any atom is 0.258 e. The minimum Gasteiger partial charge on any atom is -0.280 e. The van der Waals surface area contributed by atoms with E-state index in [1.807, 2.05) is 31.2 Å². The van der Waals surface area contributed by atoms with Gasteiger partial charge in [-0.05, 0) is 54.7 Å². The first kappa shape index (κ1) is 20.6. The number of nitrogens with one attached hydrogen (secondary N) is 2. The number of sulfonamides is 2. The standard InChI is InChI=1S/C20H24N2O4S2/c1-2-3-13-21-27(23,24)19-10-6-9-18(15-19)22-28(25,26)20-12-11-16-7-4-5-8-17(16)14-20/h4-10,14-15,21-22H,2-3,11-13H2,1H3. The highest BCUT2D eigenvalue weighted by atomic mass is 32.2. The summed E-state index contributed by atoms with van der Waals surface area (Å²) in [7, 11) is -7.44. The average Bonchev–Trinajstić information content (AvgIpc) is 2.67. The van der Waals surface area contributed by atoms with Crippen LogP contribution in [0.25, 0.3) is 6.08 Å². The van der Waals surface area contributed by atoms with E-state index in [2.05, 4.69) is 9.44 Å². The molecule has 1 aliphatic carbocycles. The summed E-state index contributed by atoms with van der Waals surface area (Å²) >= 11 is 0. The summed E-state index contributed by atoms with van der Waals surface area (Å²) < 4.78 is 55.3. The van der Waals surface area contributed by atoms with Gasteiger partial charge in [-0.2, -0.15) is 0 Å². The Balaban J connectivity index is 1.81. The summed E-state index contributed by atoms with van der Waals surface area (Å²) in [4.78, 5) is 0.326. The Morgan fingerprint density at radius 3 is 2.50 bits per heavy atom. The predicted octanol–water partition coefficient (Wildman–Crippen LogP) is 3.49. The molecule has 2 N–H and O–H groups in total. The summed E-state index contributed by atoms with van der Waals surface area (Å²) in [6.07, 6.45) is 4.34. The molecule has 0 aliphatic heterocycles. The van der Waals surface area contributed by atoms with Crippen molar-refractivity contribution in [3.8, 4) is 0 Å². The minimum absolute atomic E-state index is 0.0340. The Kier molecular flexibility index (Phi) is 6.22. The number of fused-ring (bicyclic) bond motifs is 1. The zero-order chi connectivity index (χ0) is 20.2. The number of rotatable bonds is 8. The number of anilines is 1. The van der Waals surface area contributed by atoms with Gasteiger partial charge in [0, 0.05) is 6.54 Å². The summed E-state index contributed by atoms with van der Waals surface area (Å²) in [6.45, 7) is 2.32. The third kappa shape index (κ3) is 4.81. The Morgan fingerprint density at radius 1 is 0.929 bits per heavy atom. The van der Waals surface area contributed by atoms with Crippen LogP contribution in [-0.2, 0) is 26.5 Å².